The summed E-state index contributed by atoms with van der Waals surface area (Å²) in [7, 11) is -4.39. The Morgan fingerprint density at radius 2 is 0.775 bits per heavy atom. The Hall–Kier alpha value is -3.07. The molecule has 3 N–H and O–H groups in total. The van der Waals surface area contributed by atoms with Crippen LogP contribution in [0.25, 0.3) is 0 Å². The van der Waals surface area contributed by atoms with Crippen molar-refractivity contribution in [1.82, 2.24) is 0 Å². The van der Waals surface area contributed by atoms with Crippen LogP contribution in [0.4, 0.5) is 0 Å². The van der Waals surface area contributed by atoms with Crippen molar-refractivity contribution in [1.29, 1.82) is 0 Å². The van der Waals surface area contributed by atoms with Crippen LogP contribution in [0, 0.1) is 0 Å². The second kappa shape index (κ2) is 56.2. The number of ether oxygens (including phenoxy) is 2. The van der Waals surface area contributed by atoms with Crippen LogP contribution in [-0.2, 0) is 32.7 Å². The van der Waals surface area contributed by atoms with Crippen molar-refractivity contribution in [2.24, 2.45) is 5.73 Å². The van der Waals surface area contributed by atoms with Crippen LogP contribution in [0.3, 0.4) is 0 Å². The van der Waals surface area contributed by atoms with Crippen LogP contribution in [-0.4, -0.2) is 49.3 Å². The maximum atomic E-state index is 12.7. The van der Waals surface area contributed by atoms with Crippen molar-refractivity contribution in [3.8, 4) is 0 Å². The molecule has 0 rings (SSSR count). The molecule has 0 aromatic carbocycles. The lowest BCUT2D eigenvalue weighted by Crippen LogP contribution is -2.29. The third-order valence-corrected chi connectivity index (χ3v) is 12.9. The first-order valence-corrected chi connectivity index (χ1v) is 30.2. The van der Waals surface area contributed by atoms with Crippen molar-refractivity contribution >= 4 is 19.8 Å². The molecule has 0 saturated carbocycles. The molecule has 2 unspecified atom stereocenters. The van der Waals surface area contributed by atoms with Gasteiger partial charge in [-0.3, -0.25) is 18.6 Å². The molecule has 10 heteroatoms. The number of allylic oxidation sites excluding steroid dienone is 16. The summed E-state index contributed by atoms with van der Waals surface area (Å²) in [6.45, 7) is 3.55. The third-order valence-electron chi connectivity index (χ3n) is 11.9. The topological polar surface area (TPSA) is 134 Å². The molecule has 0 aromatic heterocycles. The first kappa shape index (κ1) is 67.9. The minimum absolute atomic E-state index is 0.0490. The maximum Gasteiger partial charge on any atom is 0.472 e. The summed E-state index contributed by atoms with van der Waals surface area (Å²) < 4.78 is 32.9. The summed E-state index contributed by atoms with van der Waals surface area (Å²) in [5.41, 5.74) is 5.37. The van der Waals surface area contributed by atoms with E-state index in [0.717, 1.165) is 103 Å². The highest BCUT2D eigenvalue weighted by Gasteiger charge is 2.26. The molecule has 0 radical (unpaired) electrons. The Balaban J connectivity index is 3.85. The summed E-state index contributed by atoms with van der Waals surface area (Å²) >= 11 is 0. The van der Waals surface area contributed by atoms with E-state index in [2.05, 4.69) is 111 Å². The normalized spacial score (nSPS) is 13.8. The molecule has 0 spiro atoms. The van der Waals surface area contributed by atoms with Crippen LogP contribution in [0.1, 0.15) is 245 Å². The Morgan fingerprint density at radius 1 is 0.437 bits per heavy atom. The molecular formula is C61H106NO8P. The maximum absolute atomic E-state index is 12.7. The molecule has 71 heavy (non-hydrogen) atoms. The van der Waals surface area contributed by atoms with Gasteiger partial charge in [0, 0.05) is 19.4 Å². The van der Waals surface area contributed by atoms with Crippen LogP contribution in [0.2, 0.25) is 0 Å². The average Bonchev–Trinajstić information content (AvgIpc) is 3.36. The summed E-state index contributed by atoms with van der Waals surface area (Å²) in [6, 6.07) is 0. The van der Waals surface area contributed by atoms with E-state index < -0.39 is 32.5 Å². The van der Waals surface area contributed by atoms with Gasteiger partial charge >= 0.3 is 19.8 Å². The summed E-state index contributed by atoms with van der Waals surface area (Å²) in [5.74, 6) is -0.843. The van der Waals surface area contributed by atoms with E-state index in [1.54, 1.807) is 0 Å². The highest BCUT2D eigenvalue weighted by atomic mass is 31.2. The second-order valence-electron chi connectivity index (χ2n) is 18.8. The van der Waals surface area contributed by atoms with Gasteiger partial charge in [-0.05, 0) is 89.9 Å². The Labute approximate surface area is 436 Å². The Bertz CT molecular complexity index is 1480. The number of carbonyl (C=O) groups excluding carboxylic acids is 2. The lowest BCUT2D eigenvalue weighted by atomic mass is 10.0. The van der Waals surface area contributed by atoms with E-state index in [4.69, 9.17) is 24.3 Å². The van der Waals surface area contributed by atoms with Gasteiger partial charge in [-0.25, -0.2) is 4.57 Å². The number of phosphoric ester groups is 1. The summed E-state index contributed by atoms with van der Waals surface area (Å²) in [6.07, 6.45) is 74.8. The number of nitrogens with two attached hydrogens (primary N) is 1. The van der Waals surface area contributed by atoms with Gasteiger partial charge in [0.2, 0.25) is 0 Å². The minimum Gasteiger partial charge on any atom is -0.462 e. The smallest absolute Gasteiger partial charge is 0.462 e. The molecule has 0 heterocycles. The van der Waals surface area contributed by atoms with Crippen molar-refractivity contribution in [2.45, 2.75) is 251 Å². The monoisotopic (exact) mass is 1010 g/mol. The fraction of sp³-hybridized carbons (Fsp3) is 0.705. The van der Waals surface area contributed by atoms with Crippen LogP contribution < -0.4 is 5.73 Å². The van der Waals surface area contributed by atoms with E-state index in [1.165, 1.54) is 103 Å². The molecule has 0 aliphatic heterocycles. The van der Waals surface area contributed by atoms with E-state index in [9.17, 15) is 19.0 Å². The van der Waals surface area contributed by atoms with Gasteiger partial charge < -0.3 is 20.1 Å². The molecule has 0 amide bonds. The molecule has 9 nitrogen and oxygen atoms in total. The highest BCUT2D eigenvalue weighted by Crippen LogP contribution is 2.43. The van der Waals surface area contributed by atoms with Gasteiger partial charge in [-0.2, -0.15) is 0 Å². The number of phosphoric acid groups is 1. The molecule has 0 bridgehead atoms. The van der Waals surface area contributed by atoms with Gasteiger partial charge in [0.25, 0.3) is 0 Å². The molecule has 0 aromatic rings. The van der Waals surface area contributed by atoms with Crippen LogP contribution >= 0.6 is 7.82 Å². The number of hydrogen-bond acceptors (Lipinski definition) is 8. The largest absolute Gasteiger partial charge is 0.472 e. The summed E-state index contributed by atoms with van der Waals surface area (Å²) in [4.78, 5) is 35.1. The van der Waals surface area contributed by atoms with E-state index in [0.29, 0.717) is 12.8 Å². The van der Waals surface area contributed by atoms with Crippen molar-refractivity contribution in [3.63, 3.8) is 0 Å². The van der Waals surface area contributed by atoms with Gasteiger partial charge in [-0.1, -0.05) is 239 Å². The zero-order valence-corrected chi connectivity index (χ0v) is 46.3. The predicted octanol–water partition coefficient (Wildman–Crippen LogP) is 18.1. The molecule has 0 aliphatic rings. The number of rotatable bonds is 53. The number of unbranched alkanes of at least 4 members (excludes halogenated alkanes) is 24. The molecule has 0 saturated heterocycles. The highest BCUT2D eigenvalue weighted by molar-refractivity contribution is 7.47. The SMILES string of the molecule is CC/C=C\C/C=C\C/C=C\C/C=C\C/C=C\C/C=C\CCCCCCCCCCCCCCCCCCCCC(=O)OC(COC(=O)CCCCCCC/C=C\C/C=C\CCC)COP(=O)(O)OCCN. The minimum atomic E-state index is -4.39. The number of esters is 2. The fourth-order valence-electron chi connectivity index (χ4n) is 7.74. The second-order valence-corrected chi connectivity index (χ2v) is 20.2. The molecule has 0 fully saturated rings. The zero-order chi connectivity index (χ0) is 51.7. The number of hydrogen-bond donors (Lipinski definition) is 2. The average molecular weight is 1010 g/mol. The van der Waals surface area contributed by atoms with Gasteiger partial charge in [-0.15, -0.1) is 0 Å². The first-order valence-electron chi connectivity index (χ1n) is 28.7. The zero-order valence-electron chi connectivity index (χ0n) is 45.4. The fourth-order valence-corrected chi connectivity index (χ4v) is 8.50. The van der Waals surface area contributed by atoms with Gasteiger partial charge in [0.05, 0.1) is 13.2 Å². The standard InChI is InChI=1S/C61H106NO8P/c1-3-5-7-9-11-13-15-17-18-19-20-21-22-23-24-25-26-27-28-29-30-31-32-33-34-35-36-37-38-39-40-42-44-46-48-50-52-54-61(64)70-59(58-69-71(65,66)68-56-55-62)57-67-60(63)53-51-49-47-45-43-41-16-14-12-10-8-6-4-2/h5,7-8,10-11,13-14,16-18,20-21,23-24,26-27,59H,3-4,6,9,12,15,19,22,25,28-58,62H2,1-2H3,(H,65,66)/b7-5-,10-8-,13-11-,16-14-,18-17-,21-20-,24-23-,27-26-. The van der Waals surface area contributed by atoms with E-state index >= 15 is 0 Å². The van der Waals surface area contributed by atoms with Gasteiger partial charge in [0.15, 0.2) is 6.10 Å². The van der Waals surface area contributed by atoms with Crippen molar-refractivity contribution < 1.29 is 37.6 Å². The molecular weight excluding hydrogens is 906 g/mol. The van der Waals surface area contributed by atoms with E-state index in [-0.39, 0.29) is 32.6 Å². The predicted molar refractivity (Wildman–Crippen MR) is 302 cm³/mol. The van der Waals surface area contributed by atoms with Gasteiger partial charge in [0.1, 0.15) is 6.61 Å². The molecule has 408 valence electrons. The summed E-state index contributed by atoms with van der Waals surface area (Å²) in [5, 5.41) is 0. The lowest BCUT2D eigenvalue weighted by molar-refractivity contribution is -0.161. The third kappa shape index (κ3) is 56.1. The van der Waals surface area contributed by atoms with Crippen LogP contribution in [0.5, 0.6) is 0 Å². The van der Waals surface area contributed by atoms with E-state index in [1.807, 2.05) is 0 Å². The number of carbonyl (C=O) groups is 2. The Kier molecular flexibility index (Phi) is 53.8. The van der Waals surface area contributed by atoms with Crippen molar-refractivity contribution in [2.75, 3.05) is 26.4 Å². The lowest BCUT2D eigenvalue weighted by Gasteiger charge is -2.19. The quantitative estimate of drug-likeness (QED) is 0.0264. The Morgan fingerprint density at radius 3 is 1.15 bits per heavy atom. The molecule has 0 aliphatic carbocycles. The van der Waals surface area contributed by atoms with Crippen LogP contribution in [0.15, 0.2) is 97.2 Å². The first-order chi connectivity index (χ1) is 34.8. The van der Waals surface area contributed by atoms with Crippen molar-refractivity contribution in [3.05, 3.63) is 97.2 Å². The molecule has 2 atom stereocenters.